The molecular weight excluding hydrogens is 389 g/mol. The van der Waals surface area contributed by atoms with E-state index in [1.807, 2.05) is 30.3 Å². The molecule has 1 aromatic heterocycles. The molecule has 2 aromatic carbocycles. The molecule has 1 atom stereocenters. The first-order valence-electron chi connectivity index (χ1n) is 6.97. The van der Waals surface area contributed by atoms with Crippen LogP contribution in [0, 0.1) is 0 Å². The summed E-state index contributed by atoms with van der Waals surface area (Å²) >= 11 is 19.2. The lowest BCUT2D eigenvalue weighted by molar-refractivity contribution is 0.0950. The first-order chi connectivity index (χ1) is 11.4. The van der Waals surface area contributed by atoms with Crippen molar-refractivity contribution in [1.82, 2.24) is 15.3 Å². The highest BCUT2D eigenvalue weighted by atomic mass is 35.6. The number of hydrogen-bond acceptors (Lipinski definition) is 3. The molecule has 8 heteroatoms. The van der Waals surface area contributed by atoms with Gasteiger partial charge in [-0.05, 0) is 24.3 Å². The molecule has 0 fully saturated rings. The highest BCUT2D eigenvalue weighted by Gasteiger charge is 2.36. The lowest BCUT2D eigenvalue weighted by atomic mass is 10.2. The maximum absolute atomic E-state index is 12.3. The molecule has 1 heterocycles. The van der Waals surface area contributed by atoms with Crippen molar-refractivity contribution in [2.75, 3.05) is 0 Å². The monoisotopic (exact) mass is 399 g/mol. The zero-order chi connectivity index (χ0) is 17.2. The van der Waals surface area contributed by atoms with Crippen LogP contribution in [-0.2, 0) is 0 Å². The molecule has 1 unspecified atom stereocenters. The van der Waals surface area contributed by atoms with Gasteiger partial charge in [0.05, 0.1) is 11.0 Å². The smallest absolute Gasteiger partial charge is 0.252 e. The number of fused-ring (bicyclic) bond motifs is 1. The van der Waals surface area contributed by atoms with Gasteiger partial charge in [-0.2, -0.15) is 0 Å². The molecule has 4 nitrogen and oxygen atoms in total. The van der Waals surface area contributed by atoms with Crippen LogP contribution in [0.3, 0.4) is 0 Å². The molecular formula is C16H12Cl3N3OS. The molecule has 3 rings (SSSR count). The number of aromatic nitrogens is 2. The fraction of sp³-hybridized carbons (Fsp3) is 0.125. The Morgan fingerprint density at radius 2 is 1.75 bits per heavy atom. The number of alkyl halides is 3. The highest BCUT2D eigenvalue weighted by Crippen LogP contribution is 2.39. The second-order valence-electron chi connectivity index (χ2n) is 4.94. The van der Waals surface area contributed by atoms with Crippen LogP contribution in [-0.4, -0.2) is 25.0 Å². The predicted molar refractivity (Wildman–Crippen MR) is 99.9 cm³/mol. The number of H-pyrrole nitrogens is 1. The number of carbonyl (C=O) groups is 1. The summed E-state index contributed by atoms with van der Waals surface area (Å²) in [4.78, 5) is 19.9. The maximum Gasteiger partial charge on any atom is 0.252 e. The maximum atomic E-state index is 12.3. The van der Waals surface area contributed by atoms with Crippen molar-refractivity contribution >= 4 is 63.5 Å². The zero-order valence-electron chi connectivity index (χ0n) is 12.2. The van der Waals surface area contributed by atoms with Crippen molar-refractivity contribution in [3.8, 4) is 0 Å². The number of nitrogens with zero attached hydrogens (tertiary/aromatic N) is 1. The van der Waals surface area contributed by atoms with Crippen LogP contribution in [0.25, 0.3) is 11.0 Å². The van der Waals surface area contributed by atoms with E-state index in [4.69, 9.17) is 34.8 Å². The van der Waals surface area contributed by atoms with Crippen molar-refractivity contribution in [3.05, 3.63) is 60.2 Å². The van der Waals surface area contributed by atoms with E-state index in [0.717, 1.165) is 22.8 Å². The normalized spacial score (nSPS) is 13.0. The Morgan fingerprint density at radius 1 is 1.08 bits per heavy atom. The lowest BCUT2D eigenvalue weighted by Crippen LogP contribution is -2.41. The number of halogens is 3. The SMILES string of the molecule is O=C(NC(Sc1nc2ccccc2[nH]1)C(Cl)(Cl)Cl)c1ccccc1. The summed E-state index contributed by atoms with van der Waals surface area (Å²) in [5.74, 6) is -0.324. The van der Waals surface area contributed by atoms with E-state index < -0.39 is 9.17 Å². The van der Waals surface area contributed by atoms with Crippen LogP contribution in [0.2, 0.25) is 0 Å². The van der Waals surface area contributed by atoms with Gasteiger partial charge in [0.15, 0.2) is 5.16 Å². The summed E-state index contributed by atoms with van der Waals surface area (Å²) in [5, 5.41) is 2.48. The van der Waals surface area contributed by atoms with Crippen molar-refractivity contribution in [3.63, 3.8) is 0 Å². The van der Waals surface area contributed by atoms with Gasteiger partial charge in [-0.15, -0.1) is 0 Å². The fourth-order valence-corrected chi connectivity index (χ4v) is 3.47. The summed E-state index contributed by atoms with van der Waals surface area (Å²) in [6, 6.07) is 16.3. The molecule has 0 aliphatic carbocycles. The van der Waals surface area contributed by atoms with E-state index in [0.29, 0.717) is 10.7 Å². The van der Waals surface area contributed by atoms with E-state index in [1.54, 1.807) is 24.3 Å². The van der Waals surface area contributed by atoms with E-state index in [9.17, 15) is 4.79 Å². The third-order valence-electron chi connectivity index (χ3n) is 3.19. The van der Waals surface area contributed by atoms with Crippen molar-refractivity contribution in [2.24, 2.45) is 0 Å². The molecule has 0 radical (unpaired) electrons. The van der Waals surface area contributed by atoms with E-state index in [2.05, 4.69) is 15.3 Å². The number of para-hydroxylation sites is 2. The number of benzene rings is 2. The van der Waals surface area contributed by atoms with Gasteiger partial charge in [-0.3, -0.25) is 4.79 Å². The van der Waals surface area contributed by atoms with Crippen LogP contribution in [0.1, 0.15) is 10.4 Å². The van der Waals surface area contributed by atoms with Crippen LogP contribution in [0.4, 0.5) is 0 Å². The minimum absolute atomic E-state index is 0.324. The summed E-state index contributed by atoms with van der Waals surface area (Å²) in [6.07, 6.45) is 0. The quantitative estimate of drug-likeness (QED) is 0.376. The molecule has 0 bridgehead atoms. The van der Waals surface area contributed by atoms with Crippen LogP contribution in [0.15, 0.2) is 59.8 Å². The topological polar surface area (TPSA) is 57.8 Å². The molecule has 2 N–H and O–H groups in total. The highest BCUT2D eigenvalue weighted by molar-refractivity contribution is 8.00. The van der Waals surface area contributed by atoms with Crippen LogP contribution < -0.4 is 5.32 Å². The van der Waals surface area contributed by atoms with Gasteiger partial charge < -0.3 is 10.3 Å². The van der Waals surface area contributed by atoms with Gasteiger partial charge in [0.2, 0.25) is 3.79 Å². The minimum Gasteiger partial charge on any atom is -0.336 e. The summed E-state index contributed by atoms with van der Waals surface area (Å²) < 4.78 is -1.70. The van der Waals surface area contributed by atoms with Gasteiger partial charge in [0, 0.05) is 5.56 Å². The number of hydrogen-bond donors (Lipinski definition) is 2. The third-order valence-corrected chi connectivity index (χ3v) is 5.36. The number of aromatic amines is 1. The van der Waals surface area contributed by atoms with Crippen molar-refractivity contribution < 1.29 is 4.79 Å². The van der Waals surface area contributed by atoms with Crippen molar-refractivity contribution in [2.45, 2.75) is 14.3 Å². The Morgan fingerprint density at radius 3 is 2.42 bits per heavy atom. The first-order valence-corrected chi connectivity index (χ1v) is 8.99. The lowest BCUT2D eigenvalue weighted by Gasteiger charge is -2.24. The van der Waals surface area contributed by atoms with E-state index in [-0.39, 0.29) is 5.91 Å². The van der Waals surface area contributed by atoms with Gasteiger partial charge in [-0.1, -0.05) is 76.9 Å². The molecule has 124 valence electrons. The number of imidazole rings is 1. The molecule has 0 saturated heterocycles. The van der Waals surface area contributed by atoms with E-state index in [1.165, 1.54) is 0 Å². The number of thioether (sulfide) groups is 1. The molecule has 3 aromatic rings. The zero-order valence-corrected chi connectivity index (χ0v) is 15.3. The van der Waals surface area contributed by atoms with Gasteiger partial charge >= 0.3 is 0 Å². The number of carbonyl (C=O) groups excluding carboxylic acids is 1. The summed E-state index contributed by atoms with van der Waals surface area (Å²) in [5.41, 5.74) is 2.16. The Labute approximate surface area is 157 Å². The number of nitrogens with one attached hydrogen (secondary N) is 2. The summed E-state index contributed by atoms with van der Waals surface area (Å²) in [6.45, 7) is 0. The molecule has 0 aliphatic heterocycles. The largest absolute Gasteiger partial charge is 0.336 e. The van der Waals surface area contributed by atoms with Crippen LogP contribution >= 0.6 is 46.6 Å². The van der Waals surface area contributed by atoms with Gasteiger partial charge in [0.1, 0.15) is 5.37 Å². The Balaban J connectivity index is 1.80. The second-order valence-corrected chi connectivity index (χ2v) is 8.40. The molecule has 0 aliphatic rings. The van der Waals surface area contributed by atoms with Gasteiger partial charge in [0.25, 0.3) is 5.91 Å². The predicted octanol–water partition coefficient (Wildman–Crippen LogP) is 4.78. The first kappa shape index (κ1) is 17.4. The standard InChI is InChI=1S/C16H12Cl3N3OS/c17-16(18,19)14(22-13(23)10-6-2-1-3-7-10)24-15-20-11-8-4-5-9-12(11)21-15/h1-9,14H,(H,20,21)(H,22,23). The Hall–Kier alpha value is -1.40. The minimum atomic E-state index is -1.70. The average molecular weight is 401 g/mol. The van der Waals surface area contributed by atoms with E-state index >= 15 is 0 Å². The molecule has 0 saturated carbocycles. The van der Waals surface area contributed by atoms with Gasteiger partial charge in [-0.25, -0.2) is 4.98 Å². The fourth-order valence-electron chi connectivity index (χ4n) is 2.07. The number of rotatable bonds is 4. The molecule has 0 spiro atoms. The average Bonchev–Trinajstić information content (AvgIpc) is 2.96. The van der Waals surface area contributed by atoms with Crippen LogP contribution in [0.5, 0.6) is 0 Å². The third kappa shape index (κ3) is 4.16. The Kier molecular flexibility index (Phi) is 5.25. The summed E-state index contributed by atoms with van der Waals surface area (Å²) in [7, 11) is 0. The number of amides is 1. The second kappa shape index (κ2) is 7.23. The van der Waals surface area contributed by atoms with Crippen molar-refractivity contribution in [1.29, 1.82) is 0 Å². The molecule has 1 amide bonds. The molecule has 24 heavy (non-hydrogen) atoms. The Bertz CT molecular complexity index is 815.